The smallest absolute Gasteiger partial charge is 0.374 e. The van der Waals surface area contributed by atoms with Crippen LogP contribution in [0, 0.1) is 11.8 Å². The second-order valence-electron chi connectivity index (χ2n) is 10.7. The van der Waals surface area contributed by atoms with Crippen LogP contribution in [0.4, 0.5) is 0 Å². The Morgan fingerprint density at radius 1 is 1.05 bits per heavy atom. The van der Waals surface area contributed by atoms with E-state index in [1.54, 1.807) is 11.7 Å². The van der Waals surface area contributed by atoms with Crippen molar-refractivity contribution in [1.82, 2.24) is 0 Å². The summed E-state index contributed by atoms with van der Waals surface area (Å²) in [4.78, 5) is 11.5. The van der Waals surface area contributed by atoms with Gasteiger partial charge in [0.25, 0.3) is 5.52 Å². The van der Waals surface area contributed by atoms with Gasteiger partial charge in [0.15, 0.2) is 0 Å². The van der Waals surface area contributed by atoms with Crippen LogP contribution in [0.5, 0.6) is 5.75 Å². The van der Waals surface area contributed by atoms with Crippen molar-refractivity contribution in [2.75, 3.05) is 7.11 Å². The summed E-state index contributed by atoms with van der Waals surface area (Å²) in [5, 5.41) is 9.45. The lowest BCUT2D eigenvalue weighted by Gasteiger charge is -2.27. The lowest BCUT2D eigenvalue weighted by molar-refractivity contribution is -0.666. The van der Waals surface area contributed by atoms with Crippen molar-refractivity contribution in [3.05, 3.63) is 94.9 Å². The van der Waals surface area contributed by atoms with Crippen molar-refractivity contribution in [1.29, 1.82) is 0 Å². The van der Waals surface area contributed by atoms with Crippen LogP contribution in [0.1, 0.15) is 59.7 Å². The van der Waals surface area contributed by atoms with Crippen LogP contribution in [-0.4, -0.2) is 18.2 Å². The van der Waals surface area contributed by atoms with Crippen molar-refractivity contribution in [2.45, 2.75) is 51.0 Å². The summed E-state index contributed by atoms with van der Waals surface area (Å²) in [7, 11) is 1.72. The van der Waals surface area contributed by atoms with Gasteiger partial charge in [-0.15, -0.1) is 4.57 Å². The van der Waals surface area contributed by atoms with E-state index in [0.717, 1.165) is 29.7 Å². The Morgan fingerprint density at radius 2 is 1.89 bits per heavy atom. The highest BCUT2D eigenvalue weighted by atomic mass is 16.5. The Bertz CT molecular complexity index is 1480. The molecule has 38 heavy (non-hydrogen) atoms. The molecule has 3 aromatic carbocycles. The number of rotatable bonds is 7. The largest absolute Gasteiger partial charge is 0.497 e. The minimum absolute atomic E-state index is 0.139. The first-order valence-electron chi connectivity index (χ1n) is 13.7. The van der Waals surface area contributed by atoms with Crippen molar-refractivity contribution in [2.24, 2.45) is 11.8 Å². The number of hydrogen-bond acceptors (Lipinski definition) is 3. The van der Waals surface area contributed by atoms with Gasteiger partial charge in [-0.1, -0.05) is 48.9 Å². The van der Waals surface area contributed by atoms with Gasteiger partial charge in [-0.2, -0.15) is 0 Å². The molecule has 3 unspecified atom stereocenters. The Labute approximate surface area is 223 Å². The van der Waals surface area contributed by atoms with Gasteiger partial charge >= 0.3 is 11.9 Å². The Morgan fingerprint density at radius 3 is 2.71 bits per heavy atom. The van der Waals surface area contributed by atoms with Gasteiger partial charge in [-0.3, -0.25) is 0 Å². The number of carboxylic acids is 1. The van der Waals surface area contributed by atoms with Crippen LogP contribution in [-0.2, 0) is 24.2 Å². The minimum atomic E-state index is -0.891. The molecule has 2 aliphatic carbocycles. The molecular weight excluding hydrogens is 474 g/mol. The average molecular weight is 509 g/mol. The van der Waals surface area contributed by atoms with Crippen molar-refractivity contribution >= 4 is 29.2 Å². The number of aromatic nitrogens is 1. The summed E-state index contributed by atoms with van der Waals surface area (Å²) in [6.07, 6.45) is 11.3. The fourth-order valence-electron chi connectivity index (χ4n) is 6.74. The maximum absolute atomic E-state index is 11.5. The van der Waals surface area contributed by atoms with Crippen LogP contribution in [0.3, 0.4) is 0 Å². The molecule has 1 N–H and O–H groups in total. The number of oxazole rings is 1. The van der Waals surface area contributed by atoms with Gasteiger partial charge in [0.05, 0.1) is 13.2 Å². The van der Waals surface area contributed by atoms with Gasteiger partial charge in [0, 0.05) is 6.07 Å². The standard InChI is InChI=1S/C33H33NO4/c1-37-26-16-10-22(11-17-26)19-25-15-14-24-13-9-23(20-29(24)28-6-4-5-27(25)28)12-18-32-34(21-33(35)36)30-7-2-3-8-31(30)38-32/h2-3,7-13,16-18,20,25,27-28H,4-6,14-15,19,21H2,1H3/p+1. The van der Waals surface area contributed by atoms with E-state index in [9.17, 15) is 9.90 Å². The molecule has 1 aromatic heterocycles. The zero-order chi connectivity index (χ0) is 26.1. The molecule has 1 saturated carbocycles. The number of carboxylic acid groups (broad SMARTS) is 1. The predicted molar refractivity (Wildman–Crippen MR) is 148 cm³/mol. The molecular formula is C33H34NO4+. The van der Waals surface area contributed by atoms with E-state index in [4.69, 9.17) is 9.15 Å². The summed E-state index contributed by atoms with van der Waals surface area (Å²) >= 11 is 0. The summed E-state index contributed by atoms with van der Waals surface area (Å²) in [6, 6.07) is 23.0. The van der Waals surface area contributed by atoms with E-state index in [0.29, 0.717) is 29.2 Å². The summed E-state index contributed by atoms with van der Waals surface area (Å²) in [6.45, 7) is -0.139. The van der Waals surface area contributed by atoms with Gasteiger partial charge in [-0.25, -0.2) is 4.79 Å². The van der Waals surface area contributed by atoms with Crippen LogP contribution in [0.2, 0.25) is 0 Å². The third-order valence-corrected chi connectivity index (χ3v) is 8.53. The number of para-hydroxylation sites is 2. The summed E-state index contributed by atoms with van der Waals surface area (Å²) in [5.41, 5.74) is 7.00. The molecule has 0 bridgehead atoms. The first-order valence-corrected chi connectivity index (χ1v) is 13.7. The number of ether oxygens (including phenoxy) is 1. The molecule has 0 radical (unpaired) electrons. The second kappa shape index (κ2) is 10.5. The van der Waals surface area contributed by atoms with E-state index < -0.39 is 5.97 Å². The number of methoxy groups -OCH3 is 1. The van der Waals surface area contributed by atoms with Gasteiger partial charge in [0.1, 0.15) is 5.75 Å². The molecule has 3 atom stereocenters. The molecule has 0 spiro atoms. The number of carbonyl (C=O) groups is 1. The lowest BCUT2D eigenvalue weighted by atomic mass is 9.78. The van der Waals surface area contributed by atoms with Crippen LogP contribution >= 0.6 is 0 Å². The summed E-state index contributed by atoms with van der Waals surface area (Å²) < 4.78 is 13.1. The molecule has 5 nitrogen and oxygen atoms in total. The summed E-state index contributed by atoms with van der Waals surface area (Å²) in [5.74, 6) is 2.57. The van der Waals surface area contributed by atoms with E-state index in [1.807, 2.05) is 30.3 Å². The molecule has 4 aromatic rings. The van der Waals surface area contributed by atoms with E-state index in [2.05, 4.69) is 48.5 Å². The van der Waals surface area contributed by atoms with E-state index in [1.165, 1.54) is 42.4 Å². The van der Waals surface area contributed by atoms with Gasteiger partial charge < -0.3 is 14.3 Å². The Kier molecular flexibility index (Phi) is 6.75. The molecule has 0 aliphatic heterocycles. The van der Waals surface area contributed by atoms with Crippen molar-refractivity contribution in [3.8, 4) is 5.75 Å². The van der Waals surface area contributed by atoms with Gasteiger partial charge in [-0.05, 0) is 96.4 Å². The fraction of sp³-hybridized carbons (Fsp3) is 0.333. The molecule has 194 valence electrons. The Balaban J connectivity index is 1.26. The highest BCUT2D eigenvalue weighted by Crippen LogP contribution is 2.49. The lowest BCUT2D eigenvalue weighted by Crippen LogP contribution is -2.39. The van der Waals surface area contributed by atoms with E-state index in [-0.39, 0.29) is 6.54 Å². The van der Waals surface area contributed by atoms with Crippen LogP contribution in [0.25, 0.3) is 23.3 Å². The monoisotopic (exact) mass is 508 g/mol. The quantitative estimate of drug-likeness (QED) is 0.283. The number of benzene rings is 3. The third-order valence-electron chi connectivity index (χ3n) is 8.53. The van der Waals surface area contributed by atoms with Gasteiger partial charge in [0.2, 0.25) is 12.1 Å². The first-order chi connectivity index (χ1) is 18.6. The molecule has 6 rings (SSSR count). The number of aliphatic carboxylic acids is 1. The zero-order valence-electron chi connectivity index (χ0n) is 21.8. The SMILES string of the molecule is COc1ccc(CC2CCc3ccc(C=Cc4oc5ccccc5[n+]4CC(=O)O)cc3C3CCCC23)cc1. The Hall–Kier alpha value is -3.86. The van der Waals surface area contributed by atoms with Crippen molar-refractivity contribution < 1.29 is 23.6 Å². The molecule has 2 aliphatic rings. The number of fused-ring (bicyclic) bond motifs is 4. The first kappa shape index (κ1) is 24.5. The maximum atomic E-state index is 11.5. The highest BCUT2D eigenvalue weighted by Gasteiger charge is 2.37. The molecule has 1 heterocycles. The molecule has 0 saturated heterocycles. The third kappa shape index (κ3) is 4.85. The topological polar surface area (TPSA) is 63.5 Å². The predicted octanol–water partition coefficient (Wildman–Crippen LogP) is 6.67. The highest BCUT2D eigenvalue weighted by molar-refractivity contribution is 5.73. The molecule has 1 fully saturated rings. The number of aryl methyl sites for hydroxylation is 1. The van der Waals surface area contributed by atoms with Crippen LogP contribution < -0.4 is 9.30 Å². The normalized spacial score (nSPS) is 20.8. The van der Waals surface area contributed by atoms with Crippen LogP contribution in [0.15, 0.2) is 71.1 Å². The average Bonchev–Trinajstić information content (AvgIpc) is 3.52. The molecule has 0 amide bonds. The minimum Gasteiger partial charge on any atom is -0.497 e. The number of nitrogens with zero attached hydrogens (tertiary/aromatic N) is 1. The second-order valence-corrected chi connectivity index (χ2v) is 10.7. The van der Waals surface area contributed by atoms with Crippen molar-refractivity contribution in [3.63, 3.8) is 0 Å². The van der Waals surface area contributed by atoms with E-state index >= 15 is 0 Å². The zero-order valence-corrected chi connectivity index (χ0v) is 21.8. The maximum Gasteiger partial charge on any atom is 0.374 e. The number of hydrogen-bond donors (Lipinski definition) is 1. The fourth-order valence-corrected chi connectivity index (χ4v) is 6.74. The molecule has 5 heteroatoms.